The van der Waals surface area contributed by atoms with Gasteiger partial charge in [-0.15, -0.1) is 0 Å². The summed E-state index contributed by atoms with van der Waals surface area (Å²) in [5, 5.41) is 3.59. The molecule has 0 saturated carbocycles. The highest BCUT2D eigenvalue weighted by Gasteiger charge is 2.16. The fourth-order valence-corrected chi connectivity index (χ4v) is 4.23. The minimum atomic E-state index is -0.307. The number of carbonyl (C=O) groups is 2. The SMILES string of the molecule is Cc1ccc(-n2c(SCC(=O)NCC(=O)c3ccccc3)nc3ccccc3c2=O)cc1C. The Hall–Kier alpha value is -3.71. The number of hydrogen-bond donors (Lipinski definition) is 1. The van der Waals surface area contributed by atoms with Gasteiger partial charge in [0, 0.05) is 5.56 Å². The van der Waals surface area contributed by atoms with E-state index in [9.17, 15) is 14.4 Å². The number of carbonyl (C=O) groups excluding carboxylic acids is 2. The molecule has 0 spiro atoms. The molecule has 0 saturated heterocycles. The van der Waals surface area contributed by atoms with E-state index in [1.165, 1.54) is 11.8 Å². The Kier molecular flexibility index (Phi) is 6.70. The van der Waals surface area contributed by atoms with Crippen molar-refractivity contribution in [3.8, 4) is 5.69 Å². The highest BCUT2D eigenvalue weighted by Crippen LogP contribution is 2.22. The summed E-state index contributed by atoms with van der Waals surface area (Å²) in [6.45, 7) is 3.91. The van der Waals surface area contributed by atoms with Crippen LogP contribution in [-0.4, -0.2) is 33.5 Å². The number of ketones is 1. The fourth-order valence-electron chi connectivity index (χ4n) is 3.39. The van der Waals surface area contributed by atoms with Gasteiger partial charge in [0.1, 0.15) is 0 Å². The van der Waals surface area contributed by atoms with Crippen LogP contribution >= 0.6 is 11.8 Å². The van der Waals surface area contributed by atoms with Crippen molar-refractivity contribution >= 4 is 34.4 Å². The largest absolute Gasteiger partial charge is 0.348 e. The topological polar surface area (TPSA) is 81.1 Å². The summed E-state index contributed by atoms with van der Waals surface area (Å²) in [4.78, 5) is 42.7. The average Bonchev–Trinajstić information content (AvgIpc) is 2.83. The van der Waals surface area contributed by atoms with Crippen LogP contribution in [0.5, 0.6) is 0 Å². The predicted molar refractivity (Wildman–Crippen MR) is 131 cm³/mol. The fraction of sp³-hybridized carbons (Fsp3) is 0.154. The summed E-state index contributed by atoms with van der Waals surface area (Å²) >= 11 is 1.17. The van der Waals surface area contributed by atoms with Crippen LogP contribution in [0.25, 0.3) is 16.6 Å². The molecule has 33 heavy (non-hydrogen) atoms. The molecule has 1 amide bonds. The zero-order valence-electron chi connectivity index (χ0n) is 18.4. The number of amides is 1. The van der Waals surface area contributed by atoms with E-state index < -0.39 is 0 Å². The molecule has 0 atom stereocenters. The lowest BCUT2D eigenvalue weighted by molar-refractivity contribution is -0.118. The Balaban J connectivity index is 1.57. The lowest BCUT2D eigenvalue weighted by Gasteiger charge is -2.14. The molecule has 0 aliphatic heterocycles. The third-order valence-electron chi connectivity index (χ3n) is 5.37. The second-order valence-electron chi connectivity index (χ2n) is 7.68. The zero-order valence-corrected chi connectivity index (χ0v) is 19.2. The van der Waals surface area contributed by atoms with Crippen LogP contribution in [0.3, 0.4) is 0 Å². The molecule has 0 aliphatic carbocycles. The van der Waals surface area contributed by atoms with Crippen molar-refractivity contribution < 1.29 is 9.59 Å². The van der Waals surface area contributed by atoms with Crippen LogP contribution in [0.4, 0.5) is 0 Å². The molecule has 166 valence electrons. The summed E-state index contributed by atoms with van der Waals surface area (Å²) in [5.41, 5.74) is 3.81. The van der Waals surface area contributed by atoms with Gasteiger partial charge in [-0.1, -0.05) is 60.3 Å². The highest BCUT2D eigenvalue weighted by atomic mass is 32.2. The lowest BCUT2D eigenvalue weighted by Crippen LogP contribution is -2.31. The molecule has 6 nitrogen and oxygen atoms in total. The summed E-state index contributed by atoms with van der Waals surface area (Å²) in [6.07, 6.45) is 0. The first kappa shape index (κ1) is 22.5. The van der Waals surface area contributed by atoms with Gasteiger partial charge >= 0.3 is 0 Å². The van der Waals surface area contributed by atoms with E-state index in [2.05, 4.69) is 10.3 Å². The van der Waals surface area contributed by atoms with Crippen molar-refractivity contribution in [3.63, 3.8) is 0 Å². The Morgan fingerprint density at radius 3 is 2.42 bits per heavy atom. The minimum absolute atomic E-state index is 0.0255. The lowest BCUT2D eigenvalue weighted by atomic mass is 10.1. The van der Waals surface area contributed by atoms with Crippen LogP contribution in [0.2, 0.25) is 0 Å². The van der Waals surface area contributed by atoms with Gasteiger partial charge < -0.3 is 5.32 Å². The molecule has 4 rings (SSSR count). The maximum absolute atomic E-state index is 13.3. The molecule has 0 bridgehead atoms. The number of aryl methyl sites for hydroxylation is 2. The van der Waals surface area contributed by atoms with Crippen LogP contribution in [0, 0.1) is 13.8 Å². The number of aromatic nitrogens is 2. The van der Waals surface area contributed by atoms with Crippen LogP contribution in [-0.2, 0) is 4.79 Å². The van der Waals surface area contributed by atoms with Crippen molar-refractivity contribution in [2.75, 3.05) is 12.3 Å². The minimum Gasteiger partial charge on any atom is -0.348 e. The summed E-state index contributed by atoms with van der Waals surface area (Å²) in [7, 11) is 0. The molecule has 3 aromatic carbocycles. The maximum Gasteiger partial charge on any atom is 0.266 e. The summed E-state index contributed by atoms with van der Waals surface area (Å²) in [5.74, 6) is -0.444. The van der Waals surface area contributed by atoms with Gasteiger partial charge in [-0.3, -0.25) is 19.0 Å². The Morgan fingerprint density at radius 1 is 0.939 bits per heavy atom. The smallest absolute Gasteiger partial charge is 0.266 e. The first-order valence-electron chi connectivity index (χ1n) is 10.5. The Labute approximate surface area is 195 Å². The first-order valence-corrected chi connectivity index (χ1v) is 11.5. The van der Waals surface area contributed by atoms with Gasteiger partial charge in [-0.05, 0) is 49.2 Å². The van der Waals surface area contributed by atoms with Gasteiger partial charge in [0.05, 0.1) is 28.9 Å². The molecular formula is C26H23N3O3S. The van der Waals surface area contributed by atoms with Gasteiger partial charge in [0.25, 0.3) is 5.56 Å². The second kappa shape index (κ2) is 9.83. The van der Waals surface area contributed by atoms with Gasteiger partial charge in [0.15, 0.2) is 10.9 Å². The van der Waals surface area contributed by atoms with Gasteiger partial charge in [-0.25, -0.2) is 4.98 Å². The number of nitrogens with one attached hydrogen (secondary N) is 1. The standard InChI is InChI=1S/C26H23N3O3S/c1-17-12-13-20(14-18(17)2)29-25(32)21-10-6-7-11-22(21)28-26(29)33-16-24(31)27-15-23(30)19-8-4-3-5-9-19/h3-14H,15-16H2,1-2H3,(H,27,31). The van der Waals surface area contributed by atoms with Gasteiger partial charge in [-0.2, -0.15) is 0 Å². The molecule has 0 aliphatic rings. The Morgan fingerprint density at radius 2 is 1.67 bits per heavy atom. The van der Waals surface area contributed by atoms with Crippen LogP contribution < -0.4 is 10.9 Å². The average molecular weight is 458 g/mol. The predicted octanol–water partition coefficient (Wildman–Crippen LogP) is 4.09. The normalized spacial score (nSPS) is 10.8. The number of nitrogens with zero attached hydrogens (tertiary/aromatic N) is 2. The number of rotatable bonds is 7. The maximum atomic E-state index is 13.3. The van der Waals surface area contributed by atoms with Crippen molar-refractivity contribution in [2.24, 2.45) is 0 Å². The van der Waals surface area contributed by atoms with Crippen LogP contribution in [0.15, 0.2) is 82.7 Å². The number of Topliss-reactive ketones (excluding diaryl/α,β-unsaturated/α-hetero) is 1. The van der Waals surface area contributed by atoms with E-state index >= 15 is 0 Å². The third kappa shape index (κ3) is 5.04. The van der Waals surface area contributed by atoms with Crippen molar-refractivity contribution in [1.82, 2.24) is 14.9 Å². The molecule has 7 heteroatoms. The molecule has 0 radical (unpaired) electrons. The second-order valence-corrected chi connectivity index (χ2v) is 8.62. The summed E-state index contributed by atoms with van der Waals surface area (Å²) < 4.78 is 1.54. The van der Waals surface area contributed by atoms with E-state index in [-0.39, 0.29) is 29.5 Å². The first-order chi connectivity index (χ1) is 15.9. The quantitative estimate of drug-likeness (QED) is 0.257. The van der Waals surface area contributed by atoms with E-state index in [1.54, 1.807) is 47.0 Å². The molecule has 0 fully saturated rings. The molecule has 0 unspecified atom stereocenters. The molecule has 1 N–H and O–H groups in total. The number of fused-ring (bicyclic) bond motifs is 1. The molecule has 1 heterocycles. The van der Waals surface area contributed by atoms with Crippen LogP contribution in [0.1, 0.15) is 21.5 Å². The summed E-state index contributed by atoms with van der Waals surface area (Å²) in [6, 6.07) is 21.8. The van der Waals surface area contributed by atoms with Crippen molar-refractivity contribution in [3.05, 3.63) is 99.8 Å². The van der Waals surface area contributed by atoms with Crippen molar-refractivity contribution in [2.45, 2.75) is 19.0 Å². The number of thioether (sulfide) groups is 1. The van der Waals surface area contributed by atoms with E-state index in [4.69, 9.17) is 0 Å². The molecule has 1 aromatic heterocycles. The number of para-hydroxylation sites is 1. The molecule has 4 aromatic rings. The van der Waals surface area contributed by atoms with E-state index in [0.29, 0.717) is 27.3 Å². The zero-order chi connectivity index (χ0) is 23.4. The van der Waals surface area contributed by atoms with E-state index in [0.717, 1.165) is 11.1 Å². The Bertz CT molecular complexity index is 1400. The monoisotopic (exact) mass is 457 g/mol. The van der Waals surface area contributed by atoms with Crippen molar-refractivity contribution in [1.29, 1.82) is 0 Å². The molecular weight excluding hydrogens is 434 g/mol. The number of benzene rings is 3. The highest BCUT2D eigenvalue weighted by molar-refractivity contribution is 7.99. The number of hydrogen-bond acceptors (Lipinski definition) is 5. The third-order valence-corrected chi connectivity index (χ3v) is 6.31. The van der Waals surface area contributed by atoms with E-state index in [1.807, 2.05) is 44.2 Å². The van der Waals surface area contributed by atoms with Gasteiger partial charge in [0.2, 0.25) is 5.91 Å².